The summed E-state index contributed by atoms with van der Waals surface area (Å²) in [7, 11) is 0. The molecule has 0 spiro atoms. The van der Waals surface area contributed by atoms with Gasteiger partial charge in [0.25, 0.3) is 0 Å². The first kappa shape index (κ1) is 3.78. The van der Waals surface area contributed by atoms with Crippen LogP contribution in [0.15, 0.2) is 24.3 Å². The summed E-state index contributed by atoms with van der Waals surface area (Å²) in [5.74, 6) is 0. The SMILES string of the molecule is [HH].[HH].c1ccc2[nH][nH]c2c1. The maximum Gasteiger partial charge on any atom is 0.0789 e. The van der Waals surface area contributed by atoms with Gasteiger partial charge in [0.15, 0.2) is 0 Å². The molecular formula is C6H10N2. The second-order valence-corrected chi connectivity index (χ2v) is 1.80. The zero-order valence-corrected chi connectivity index (χ0v) is 4.31. The highest BCUT2D eigenvalue weighted by Gasteiger charge is 1.89. The number of rotatable bonds is 0. The first-order valence-electron chi connectivity index (χ1n) is 2.58. The minimum Gasteiger partial charge on any atom is -0.299 e. The third-order valence-electron chi connectivity index (χ3n) is 1.26. The van der Waals surface area contributed by atoms with Crippen LogP contribution in [0.1, 0.15) is 2.85 Å². The molecule has 0 bridgehead atoms. The Labute approximate surface area is 49.5 Å². The molecule has 0 amide bonds. The predicted octanol–water partition coefficient (Wildman–Crippen LogP) is 1.99. The van der Waals surface area contributed by atoms with Crippen LogP contribution < -0.4 is 0 Å². The molecular weight excluding hydrogens is 100 g/mol. The molecule has 0 radical (unpaired) electrons. The third kappa shape index (κ3) is 0.320. The minimum atomic E-state index is 0. The van der Waals surface area contributed by atoms with Gasteiger partial charge in [0.2, 0.25) is 0 Å². The topological polar surface area (TPSA) is 31.6 Å². The van der Waals surface area contributed by atoms with Crippen molar-refractivity contribution in [1.82, 2.24) is 10.2 Å². The summed E-state index contributed by atoms with van der Waals surface area (Å²) in [5.41, 5.74) is 2.38. The molecule has 2 rings (SSSR count). The Hall–Kier alpha value is -1.18. The van der Waals surface area contributed by atoms with Crippen LogP contribution in [0, 0.1) is 0 Å². The first-order valence-corrected chi connectivity index (χ1v) is 2.58. The largest absolute Gasteiger partial charge is 0.299 e. The fourth-order valence-corrected chi connectivity index (χ4v) is 0.773. The Morgan fingerprint density at radius 2 is 1.50 bits per heavy atom. The van der Waals surface area contributed by atoms with E-state index >= 15 is 0 Å². The van der Waals surface area contributed by atoms with Crippen molar-refractivity contribution in [3.8, 4) is 0 Å². The van der Waals surface area contributed by atoms with Gasteiger partial charge < -0.3 is 0 Å². The molecule has 44 valence electrons. The van der Waals surface area contributed by atoms with Gasteiger partial charge in [-0.15, -0.1) is 0 Å². The van der Waals surface area contributed by atoms with Crippen LogP contribution in [0.3, 0.4) is 0 Å². The molecule has 0 aliphatic rings. The fourth-order valence-electron chi connectivity index (χ4n) is 0.773. The molecule has 0 aliphatic heterocycles. The number of aromatic amines is 2. The molecule has 1 aromatic heterocycles. The molecule has 0 saturated carbocycles. The molecule has 0 atom stereocenters. The number of nitrogens with one attached hydrogen (secondary N) is 2. The molecule has 0 fully saturated rings. The second kappa shape index (κ2) is 1.15. The number of hydrogen-bond donors (Lipinski definition) is 2. The zero-order chi connectivity index (χ0) is 5.40. The Kier molecular flexibility index (Phi) is 0.545. The Balaban J connectivity index is 0.000000405. The summed E-state index contributed by atoms with van der Waals surface area (Å²) in [6.07, 6.45) is 0. The maximum absolute atomic E-state index is 2.94. The van der Waals surface area contributed by atoms with E-state index in [2.05, 4.69) is 10.2 Å². The van der Waals surface area contributed by atoms with Crippen molar-refractivity contribution in [3.63, 3.8) is 0 Å². The number of H-pyrrole nitrogens is 2. The number of aromatic nitrogens is 2. The highest BCUT2D eigenvalue weighted by molar-refractivity contribution is 5.75. The lowest BCUT2D eigenvalue weighted by Gasteiger charge is -1.99. The lowest BCUT2D eigenvalue weighted by molar-refractivity contribution is 1.07. The van der Waals surface area contributed by atoms with Gasteiger partial charge in [0.1, 0.15) is 0 Å². The lowest BCUT2D eigenvalue weighted by Crippen LogP contribution is -1.87. The van der Waals surface area contributed by atoms with Gasteiger partial charge in [-0.1, -0.05) is 12.1 Å². The number of para-hydroxylation sites is 2. The Bertz CT molecular complexity index is 256. The summed E-state index contributed by atoms with van der Waals surface area (Å²) < 4.78 is 0. The summed E-state index contributed by atoms with van der Waals surface area (Å²) >= 11 is 0. The van der Waals surface area contributed by atoms with Gasteiger partial charge in [-0.2, -0.15) is 0 Å². The average molecular weight is 110 g/mol. The van der Waals surface area contributed by atoms with E-state index in [-0.39, 0.29) is 2.85 Å². The molecule has 2 heteroatoms. The van der Waals surface area contributed by atoms with Crippen LogP contribution in [-0.4, -0.2) is 10.2 Å². The van der Waals surface area contributed by atoms with E-state index in [4.69, 9.17) is 0 Å². The highest BCUT2D eigenvalue weighted by Crippen LogP contribution is 2.06. The van der Waals surface area contributed by atoms with Gasteiger partial charge in [0.05, 0.1) is 11.0 Å². The van der Waals surface area contributed by atoms with Crippen LogP contribution in [0.5, 0.6) is 0 Å². The monoisotopic (exact) mass is 110 g/mol. The van der Waals surface area contributed by atoms with Gasteiger partial charge in [-0.25, -0.2) is 0 Å². The fraction of sp³-hybridized carbons (Fsp3) is 0. The zero-order valence-electron chi connectivity index (χ0n) is 4.31. The average Bonchev–Trinajstić information content (AvgIpc) is 1.72. The van der Waals surface area contributed by atoms with Crippen molar-refractivity contribution in [3.05, 3.63) is 24.3 Å². The van der Waals surface area contributed by atoms with Crippen molar-refractivity contribution in [1.29, 1.82) is 0 Å². The summed E-state index contributed by atoms with van der Waals surface area (Å²) in [5, 5.41) is 5.88. The van der Waals surface area contributed by atoms with E-state index in [9.17, 15) is 0 Å². The molecule has 0 saturated heterocycles. The van der Waals surface area contributed by atoms with Crippen molar-refractivity contribution in [2.75, 3.05) is 0 Å². The van der Waals surface area contributed by atoms with Crippen LogP contribution in [0.4, 0.5) is 0 Å². The van der Waals surface area contributed by atoms with E-state index in [1.807, 2.05) is 24.3 Å². The van der Waals surface area contributed by atoms with Crippen molar-refractivity contribution in [2.45, 2.75) is 0 Å². The Morgan fingerprint density at radius 1 is 1.00 bits per heavy atom. The van der Waals surface area contributed by atoms with Gasteiger partial charge in [-0.05, 0) is 12.1 Å². The molecule has 1 heterocycles. The molecule has 0 aliphatic carbocycles. The molecule has 8 heavy (non-hydrogen) atoms. The number of hydrogen-bond acceptors (Lipinski definition) is 0. The second-order valence-electron chi connectivity index (χ2n) is 1.80. The standard InChI is InChI=1S/C6H6N2.2H2/c1-2-4-6-5(3-1)7-8-6;;/h1-4,7-8H;2*1H. The summed E-state index contributed by atoms with van der Waals surface area (Å²) in [6.45, 7) is 0. The lowest BCUT2D eigenvalue weighted by atomic mass is 10.3. The Morgan fingerprint density at radius 3 is 1.75 bits per heavy atom. The van der Waals surface area contributed by atoms with Crippen LogP contribution in [0.2, 0.25) is 0 Å². The van der Waals surface area contributed by atoms with Crippen molar-refractivity contribution >= 4 is 11.0 Å². The number of benzene rings is 1. The highest BCUT2D eigenvalue weighted by atomic mass is 15.1. The summed E-state index contributed by atoms with van der Waals surface area (Å²) in [6, 6.07) is 8.08. The quantitative estimate of drug-likeness (QED) is 0.519. The third-order valence-corrected chi connectivity index (χ3v) is 1.26. The van der Waals surface area contributed by atoms with Gasteiger partial charge in [-0.3, -0.25) is 10.2 Å². The van der Waals surface area contributed by atoms with Crippen LogP contribution in [0.25, 0.3) is 11.0 Å². The predicted molar refractivity (Wildman–Crippen MR) is 36.9 cm³/mol. The van der Waals surface area contributed by atoms with E-state index in [1.54, 1.807) is 0 Å². The van der Waals surface area contributed by atoms with E-state index < -0.39 is 0 Å². The smallest absolute Gasteiger partial charge is 0.0789 e. The van der Waals surface area contributed by atoms with Crippen molar-refractivity contribution in [2.24, 2.45) is 0 Å². The molecule has 0 unspecified atom stereocenters. The van der Waals surface area contributed by atoms with Gasteiger partial charge >= 0.3 is 0 Å². The van der Waals surface area contributed by atoms with E-state index in [1.165, 1.54) is 11.0 Å². The normalized spacial score (nSPS) is 10.5. The summed E-state index contributed by atoms with van der Waals surface area (Å²) in [4.78, 5) is 0. The van der Waals surface area contributed by atoms with Crippen LogP contribution >= 0.6 is 0 Å². The van der Waals surface area contributed by atoms with Crippen molar-refractivity contribution < 1.29 is 2.85 Å². The van der Waals surface area contributed by atoms with Crippen LogP contribution in [-0.2, 0) is 0 Å². The molecule has 1 aromatic carbocycles. The molecule has 2 aromatic rings. The maximum atomic E-state index is 2.94. The number of fused-ring (bicyclic) bond motifs is 1. The van der Waals surface area contributed by atoms with Gasteiger partial charge in [0, 0.05) is 2.85 Å². The minimum absolute atomic E-state index is 0. The molecule has 2 N–H and O–H groups in total. The van der Waals surface area contributed by atoms with E-state index in [0.717, 1.165) is 0 Å². The molecule has 2 nitrogen and oxygen atoms in total. The van der Waals surface area contributed by atoms with E-state index in [0.29, 0.717) is 0 Å². The first-order chi connectivity index (χ1) is 3.97.